The first-order chi connectivity index (χ1) is 7.69. The lowest BCUT2D eigenvalue weighted by atomic mass is 10.1. The summed E-state index contributed by atoms with van der Waals surface area (Å²) in [6.45, 7) is 4.83. The molecular weight excluding hydrogens is 222 g/mol. The van der Waals surface area contributed by atoms with Gasteiger partial charge in [0.2, 0.25) is 0 Å². The molecule has 0 aromatic heterocycles. The van der Waals surface area contributed by atoms with Crippen molar-refractivity contribution < 1.29 is 4.79 Å². The fourth-order valence-corrected chi connectivity index (χ4v) is 1.73. The molecule has 1 aromatic rings. The highest BCUT2D eigenvalue weighted by Gasteiger charge is 2.06. The van der Waals surface area contributed by atoms with Crippen molar-refractivity contribution in [3.05, 3.63) is 34.9 Å². The van der Waals surface area contributed by atoms with Gasteiger partial charge in [0.1, 0.15) is 0 Å². The van der Waals surface area contributed by atoms with Gasteiger partial charge in [-0.1, -0.05) is 19.4 Å². The summed E-state index contributed by atoms with van der Waals surface area (Å²) in [5.41, 5.74) is 2.84. The van der Waals surface area contributed by atoms with Crippen LogP contribution in [0.1, 0.15) is 41.3 Å². The summed E-state index contributed by atoms with van der Waals surface area (Å²) in [4.78, 5) is 11.7. The summed E-state index contributed by atoms with van der Waals surface area (Å²) in [5.74, 6) is 0.432. The zero-order chi connectivity index (χ0) is 12.0. The fourth-order valence-electron chi connectivity index (χ4n) is 1.44. The van der Waals surface area contributed by atoms with E-state index in [1.807, 2.05) is 25.1 Å². The minimum Gasteiger partial charge on any atom is -0.352 e. The topological polar surface area (TPSA) is 29.1 Å². The van der Waals surface area contributed by atoms with Crippen LogP contribution in [0.5, 0.6) is 0 Å². The second-order valence-electron chi connectivity index (χ2n) is 3.88. The monoisotopic (exact) mass is 239 g/mol. The highest BCUT2D eigenvalue weighted by molar-refractivity contribution is 6.17. The number of alkyl halides is 1. The van der Waals surface area contributed by atoms with E-state index in [-0.39, 0.29) is 5.91 Å². The van der Waals surface area contributed by atoms with E-state index in [1.165, 1.54) is 0 Å². The Kier molecular flexibility index (Phi) is 5.33. The Balaban J connectivity index is 2.68. The summed E-state index contributed by atoms with van der Waals surface area (Å²) in [5, 5.41) is 2.89. The van der Waals surface area contributed by atoms with Crippen molar-refractivity contribution in [3.8, 4) is 0 Å². The van der Waals surface area contributed by atoms with Crippen molar-refractivity contribution in [1.29, 1.82) is 0 Å². The molecule has 3 heteroatoms. The predicted octanol–water partition coefficient (Wildman–Crippen LogP) is 3.26. The van der Waals surface area contributed by atoms with Crippen LogP contribution < -0.4 is 5.32 Å². The molecule has 1 aromatic carbocycles. The van der Waals surface area contributed by atoms with Gasteiger partial charge in [-0.2, -0.15) is 0 Å². The maximum atomic E-state index is 11.7. The molecule has 1 rings (SSSR count). The molecule has 0 atom stereocenters. The van der Waals surface area contributed by atoms with Crippen molar-refractivity contribution >= 4 is 17.5 Å². The Morgan fingerprint density at radius 2 is 2.19 bits per heavy atom. The summed E-state index contributed by atoms with van der Waals surface area (Å²) in [6, 6.07) is 5.64. The average Bonchev–Trinajstić information content (AvgIpc) is 2.30. The van der Waals surface area contributed by atoms with Crippen molar-refractivity contribution in [2.24, 2.45) is 0 Å². The van der Waals surface area contributed by atoms with E-state index in [4.69, 9.17) is 11.6 Å². The van der Waals surface area contributed by atoms with Gasteiger partial charge in [0.25, 0.3) is 5.91 Å². The van der Waals surface area contributed by atoms with Gasteiger partial charge in [0, 0.05) is 18.0 Å². The molecule has 0 saturated heterocycles. The van der Waals surface area contributed by atoms with Crippen LogP contribution in [0.4, 0.5) is 0 Å². The smallest absolute Gasteiger partial charge is 0.251 e. The van der Waals surface area contributed by atoms with Crippen molar-refractivity contribution in [3.63, 3.8) is 0 Å². The molecular formula is C13H18ClNO. The second-order valence-corrected chi connectivity index (χ2v) is 4.15. The Morgan fingerprint density at radius 3 is 2.81 bits per heavy atom. The van der Waals surface area contributed by atoms with Crippen LogP contribution in [0.25, 0.3) is 0 Å². The first-order valence-corrected chi connectivity index (χ1v) is 6.16. The molecule has 1 amide bonds. The first kappa shape index (κ1) is 13.0. The van der Waals surface area contributed by atoms with Gasteiger partial charge in [-0.25, -0.2) is 0 Å². The van der Waals surface area contributed by atoms with Gasteiger partial charge in [-0.05, 0) is 36.6 Å². The minimum atomic E-state index is -0.0141. The normalized spacial score (nSPS) is 10.2. The highest BCUT2D eigenvalue weighted by Crippen LogP contribution is 2.13. The molecule has 0 bridgehead atoms. The summed E-state index contributed by atoms with van der Waals surface area (Å²) in [7, 11) is 0. The van der Waals surface area contributed by atoms with E-state index in [2.05, 4.69) is 12.2 Å². The molecule has 0 fully saturated rings. The molecule has 1 N–H and O–H groups in total. The highest BCUT2D eigenvalue weighted by atomic mass is 35.5. The lowest BCUT2D eigenvalue weighted by Crippen LogP contribution is -2.24. The number of amides is 1. The quantitative estimate of drug-likeness (QED) is 0.620. The maximum absolute atomic E-state index is 11.7. The first-order valence-electron chi connectivity index (χ1n) is 5.62. The number of benzene rings is 1. The number of rotatable bonds is 5. The van der Waals surface area contributed by atoms with E-state index >= 15 is 0 Å². The molecule has 0 aliphatic rings. The van der Waals surface area contributed by atoms with Gasteiger partial charge < -0.3 is 5.32 Å². The largest absolute Gasteiger partial charge is 0.352 e. The van der Waals surface area contributed by atoms with E-state index in [0.29, 0.717) is 11.4 Å². The van der Waals surface area contributed by atoms with Crippen molar-refractivity contribution in [2.75, 3.05) is 6.54 Å². The van der Waals surface area contributed by atoms with Crippen LogP contribution in [0.15, 0.2) is 18.2 Å². The third-order valence-electron chi connectivity index (χ3n) is 2.57. The number of nitrogens with one attached hydrogen (secondary N) is 1. The van der Waals surface area contributed by atoms with Crippen LogP contribution in [0, 0.1) is 6.92 Å². The standard InChI is InChI=1S/C13H18ClNO/c1-3-4-7-15-13(16)11-6-5-10(2)12(8-11)9-14/h5-6,8H,3-4,7,9H2,1-2H3,(H,15,16). The van der Waals surface area contributed by atoms with Gasteiger partial charge in [0.15, 0.2) is 0 Å². The lowest BCUT2D eigenvalue weighted by molar-refractivity contribution is 0.0953. The number of halogens is 1. The average molecular weight is 240 g/mol. The third kappa shape index (κ3) is 3.53. The zero-order valence-corrected chi connectivity index (χ0v) is 10.6. The fraction of sp³-hybridized carbons (Fsp3) is 0.462. The number of aryl methyl sites for hydroxylation is 1. The third-order valence-corrected chi connectivity index (χ3v) is 2.86. The maximum Gasteiger partial charge on any atom is 0.251 e. The van der Waals surface area contributed by atoms with Crippen LogP contribution in [0.2, 0.25) is 0 Å². The molecule has 0 aliphatic carbocycles. The Labute approximate surface area is 102 Å². The zero-order valence-electron chi connectivity index (χ0n) is 9.85. The number of hydrogen-bond donors (Lipinski definition) is 1. The minimum absolute atomic E-state index is 0.0141. The molecule has 2 nitrogen and oxygen atoms in total. The summed E-state index contributed by atoms with van der Waals surface area (Å²) < 4.78 is 0. The molecule has 88 valence electrons. The van der Waals surface area contributed by atoms with Crippen LogP contribution in [0.3, 0.4) is 0 Å². The number of carbonyl (C=O) groups is 1. The second kappa shape index (κ2) is 6.54. The molecule has 0 unspecified atom stereocenters. The molecule has 16 heavy (non-hydrogen) atoms. The van der Waals surface area contributed by atoms with Gasteiger partial charge in [0.05, 0.1) is 0 Å². The molecule has 0 spiro atoms. The predicted molar refractivity (Wildman–Crippen MR) is 68.0 cm³/mol. The van der Waals surface area contributed by atoms with E-state index < -0.39 is 0 Å². The molecule has 0 aliphatic heterocycles. The van der Waals surface area contributed by atoms with Gasteiger partial charge >= 0.3 is 0 Å². The van der Waals surface area contributed by atoms with E-state index in [9.17, 15) is 4.79 Å². The lowest BCUT2D eigenvalue weighted by Gasteiger charge is -2.07. The number of hydrogen-bond acceptors (Lipinski definition) is 1. The van der Waals surface area contributed by atoms with Gasteiger partial charge in [-0.15, -0.1) is 11.6 Å². The Morgan fingerprint density at radius 1 is 1.44 bits per heavy atom. The Hall–Kier alpha value is -1.02. The van der Waals surface area contributed by atoms with Crippen LogP contribution in [-0.2, 0) is 5.88 Å². The van der Waals surface area contributed by atoms with Crippen LogP contribution in [-0.4, -0.2) is 12.5 Å². The summed E-state index contributed by atoms with van der Waals surface area (Å²) >= 11 is 5.80. The van der Waals surface area contributed by atoms with Crippen LogP contribution >= 0.6 is 11.6 Å². The van der Waals surface area contributed by atoms with E-state index in [1.54, 1.807) is 0 Å². The SMILES string of the molecule is CCCCNC(=O)c1ccc(C)c(CCl)c1. The number of unbranched alkanes of at least 4 members (excludes halogenated alkanes) is 1. The Bertz CT molecular complexity index is 363. The number of carbonyl (C=O) groups excluding carboxylic acids is 1. The molecule has 0 heterocycles. The van der Waals surface area contributed by atoms with Crippen molar-refractivity contribution in [2.45, 2.75) is 32.6 Å². The van der Waals surface area contributed by atoms with E-state index in [0.717, 1.165) is 30.5 Å². The molecule has 0 saturated carbocycles. The van der Waals surface area contributed by atoms with Crippen molar-refractivity contribution in [1.82, 2.24) is 5.32 Å². The summed E-state index contributed by atoms with van der Waals surface area (Å²) in [6.07, 6.45) is 2.10. The molecule has 0 radical (unpaired) electrons. The van der Waals surface area contributed by atoms with Gasteiger partial charge in [-0.3, -0.25) is 4.79 Å².